The maximum Gasteiger partial charge on any atom is 0.324 e. The number of hydrogen-bond donors (Lipinski definition) is 4. The van der Waals surface area contributed by atoms with Crippen molar-refractivity contribution in [1.82, 2.24) is 40.4 Å². The number of amides is 4. The van der Waals surface area contributed by atoms with Crippen molar-refractivity contribution in [2.24, 2.45) is 17.3 Å². The minimum atomic E-state index is -1.16. The van der Waals surface area contributed by atoms with Crippen molar-refractivity contribution in [3.8, 4) is 28.1 Å². The van der Waals surface area contributed by atoms with E-state index in [1.165, 1.54) is 9.91 Å². The molecule has 4 aromatic rings. The van der Waals surface area contributed by atoms with Crippen LogP contribution in [0.3, 0.4) is 0 Å². The molecule has 0 unspecified atom stereocenters. The van der Waals surface area contributed by atoms with E-state index in [4.69, 9.17) is 14.5 Å². The Morgan fingerprint density at radius 2 is 1.82 bits per heavy atom. The number of aromatic nitrogens is 2. The van der Waals surface area contributed by atoms with Crippen molar-refractivity contribution in [2.75, 3.05) is 40.4 Å². The van der Waals surface area contributed by atoms with Crippen LogP contribution in [0.4, 0.5) is 0 Å². The molecular formula is C52H68N8O8. The standard InChI is InChI=1S/C52H68N8O8/c1-10-58-43-16-15-33-25-38(43)39(46(58)37-13-11-18-53-44(37)31(5)67-9)26-52(6,7)28-68-51(66)40-14-12-19-60(56-40)50(65)41(23-32-21-34(33)24-35(61)22-32)55-47(62)45(29(2)3)57(8)48(63)36-17-20-59(30(36)4)49(64)42-27-54-42/h11,13,15-16,18,21-22,24-25,29-31,36,40-42,45,54,56,61H,10,12,14,17,19-20,23,26-28H2,1-9H3,(H,55,62)/t30-,31-,36-,40-,41-,42+,45-/m0/s1. The molecule has 0 radical (unpaired) electrons. The Balaban J connectivity index is 1.18. The topological polar surface area (TPSA) is 198 Å². The third kappa shape index (κ3) is 9.72. The first-order valence-corrected chi connectivity index (χ1v) is 24.2. The fourth-order valence-electron chi connectivity index (χ4n) is 10.7. The first kappa shape index (κ1) is 48.6. The lowest BCUT2D eigenvalue weighted by atomic mass is 9.84. The number of hydrazine groups is 1. The summed E-state index contributed by atoms with van der Waals surface area (Å²) in [6.07, 6.45) is 3.46. The fourth-order valence-corrected chi connectivity index (χ4v) is 10.7. The number of fused-ring (bicyclic) bond motifs is 6. The van der Waals surface area contributed by atoms with Gasteiger partial charge in [-0.25, -0.2) is 5.43 Å². The Labute approximate surface area is 399 Å². The normalized spacial score (nSPS) is 23.8. The smallest absolute Gasteiger partial charge is 0.324 e. The number of likely N-dealkylation sites (N-methyl/N-ethyl adjacent to an activating group) is 1. The number of pyridine rings is 1. The van der Waals surface area contributed by atoms with Crippen LogP contribution in [-0.4, -0.2) is 130 Å². The van der Waals surface area contributed by atoms with Crippen LogP contribution in [0.1, 0.15) is 90.7 Å². The first-order chi connectivity index (χ1) is 32.4. The number of cyclic esters (lactones) is 1. The number of carbonyl (C=O) groups excluding carboxylic acids is 5. The largest absolute Gasteiger partial charge is 0.508 e. The second-order valence-electron chi connectivity index (χ2n) is 20.3. The molecule has 16 nitrogen and oxygen atoms in total. The van der Waals surface area contributed by atoms with Crippen LogP contribution in [0.2, 0.25) is 0 Å². The lowest BCUT2D eigenvalue weighted by molar-refractivity contribution is -0.155. The first-order valence-electron chi connectivity index (χ1n) is 24.2. The Hall–Kier alpha value is -5.84. The Bertz CT molecular complexity index is 2590. The molecule has 16 heteroatoms. The second-order valence-corrected chi connectivity index (χ2v) is 20.3. The van der Waals surface area contributed by atoms with Crippen LogP contribution < -0.4 is 16.1 Å². The maximum atomic E-state index is 14.8. The zero-order valence-corrected chi connectivity index (χ0v) is 40.9. The van der Waals surface area contributed by atoms with Gasteiger partial charge in [0.15, 0.2) is 0 Å². The number of phenolic OH excluding ortho intramolecular Hbond substituents is 1. The molecule has 4 N–H and O–H groups in total. The highest BCUT2D eigenvalue weighted by Crippen LogP contribution is 2.42. The molecule has 0 aliphatic carbocycles. The number of phenols is 1. The number of likely N-dealkylation sites (tertiary alicyclic amines) is 1. The van der Waals surface area contributed by atoms with Crippen molar-refractivity contribution < 1.29 is 38.6 Å². The van der Waals surface area contributed by atoms with Crippen LogP contribution in [0.5, 0.6) is 5.75 Å². The van der Waals surface area contributed by atoms with Crippen molar-refractivity contribution in [3.05, 3.63) is 71.5 Å². The molecular weight excluding hydrogens is 865 g/mol. The summed E-state index contributed by atoms with van der Waals surface area (Å²) >= 11 is 0. The number of benzene rings is 2. The Morgan fingerprint density at radius 1 is 1.06 bits per heavy atom. The summed E-state index contributed by atoms with van der Waals surface area (Å²) in [4.78, 5) is 78.6. The van der Waals surface area contributed by atoms with Crippen LogP contribution in [-0.2, 0) is 52.8 Å². The molecule has 4 aliphatic rings. The number of hydrogen-bond acceptors (Lipinski definition) is 11. The predicted molar refractivity (Wildman–Crippen MR) is 258 cm³/mol. The third-order valence-corrected chi connectivity index (χ3v) is 14.4. The van der Waals surface area contributed by atoms with E-state index in [1.807, 2.05) is 45.9 Å². The molecule has 2 aromatic carbocycles. The zero-order valence-electron chi connectivity index (χ0n) is 40.9. The Kier molecular flexibility index (Phi) is 14.0. The van der Waals surface area contributed by atoms with E-state index in [2.05, 4.69) is 59.6 Å². The molecule has 4 amide bonds. The lowest BCUT2D eigenvalue weighted by Crippen LogP contribution is -2.62. The van der Waals surface area contributed by atoms with Crippen molar-refractivity contribution in [1.29, 1.82) is 0 Å². The number of ether oxygens (including phenoxy) is 2. The summed E-state index contributed by atoms with van der Waals surface area (Å²) in [5.74, 6) is -2.56. The van der Waals surface area contributed by atoms with Gasteiger partial charge < -0.3 is 39.6 Å². The summed E-state index contributed by atoms with van der Waals surface area (Å²) in [6, 6.07) is 12.0. The van der Waals surface area contributed by atoms with E-state index < -0.39 is 47.2 Å². The van der Waals surface area contributed by atoms with E-state index in [1.54, 1.807) is 37.4 Å². The average Bonchev–Trinajstić information content (AvgIpc) is 4.04. The van der Waals surface area contributed by atoms with Gasteiger partial charge in [-0.05, 0) is 111 Å². The molecule has 6 heterocycles. The van der Waals surface area contributed by atoms with Gasteiger partial charge in [-0.15, -0.1) is 0 Å². The predicted octanol–water partition coefficient (Wildman–Crippen LogP) is 5.14. The lowest BCUT2D eigenvalue weighted by Gasteiger charge is -2.37. The van der Waals surface area contributed by atoms with Gasteiger partial charge in [-0.2, -0.15) is 0 Å². The molecule has 364 valence electrons. The van der Waals surface area contributed by atoms with Crippen molar-refractivity contribution in [2.45, 2.75) is 123 Å². The van der Waals surface area contributed by atoms with Crippen LogP contribution >= 0.6 is 0 Å². The average molecular weight is 933 g/mol. The highest BCUT2D eigenvalue weighted by molar-refractivity contribution is 5.96. The SMILES string of the molecule is CCn1c(-c2cccnc2[C@H](C)OC)c2c3cc(ccc31)-c1cc(O)cc(c1)C[C@H](NC(=O)[C@H](C(C)C)N(C)C(=O)[C@H]1CCN(C(=O)[C@H]3CN3)[C@H]1C)C(=O)N1CCC[C@H](N1)C(=O)OCC(C)(C)C2. The van der Waals surface area contributed by atoms with Crippen LogP contribution in [0.15, 0.2) is 54.7 Å². The molecule has 7 atom stereocenters. The van der Waals surface area contributed by atoms with Gasteiger partial charge in [0.05, 0.1) is 36.1 Å². The van der Waals surface area contributed by atoms with E-state index >= 15 is 0 Å². The number of rotatable bonds is 10. The monoisotopic (exact) mass is 933 g/mol. The number of esters is 1. The fraction of sp³-hybridized carbons (Fsp3) is 0.538. The summed E-state index contributed by atoms with van der Waals surface area (Å²) in [6.45, 7) is 16.0. The third-order valence-electron chi connectivity index (χ3n) is 14.4. The molecule has 4 aliphatic heterocycles. The molecule has 0 saturated carbocycles. The highest BCUT2D eigenvalue weighted by atomic mass is 16.5. The van der Waals surface area contributed by atoms with Gasteiger partial charge in [-0.1, -0.05) is 39.8 Å². The van der Waals surface area contributed by atoms with E-state index in [-0.39, 0.29) is 61.2 Å². The maximum absolute atomic E-state index is 14.8. The number of nitrogens with one attached hydrogen (secondary N) is 3. The van der Waals surface area contributed by atoms with Crippen molar-refractivity contribution >= 4 is 40.5 Å². The van der Waals surface area contributed by atoms with Gasteiger partial charge in [0.2, 0.25) is 17.7 Å². The zero-order chi connectivity index (χ0) is 48.8. The summed E-state index contributed by atoms with van der Waals surface area (Å²) < 4.78 is 14.2. The molecule has 6 bridgehead atoms. The minimum Gasteiger partial charge on any atom is -0.508 e. The van der Waals surface area contributed by atoms with Crippen LogP contribution in [0, 0.1) is 17.3 Å². The van der Waals surface area contributed by atoms with Gasteiger partial charge in [0.25, 0.3) is 5.91 Å². The molecule has 3 saturated heterocycles. The number of methoxy groups -OCH3 is 1. The van der Waals surface area contributed by atoms with E-state index in [9.17, 15) is 29.1 Å². The van der Waals surface area contributed by atoms with E-state index in [0.29, 0.717) is 50.9 Å². The number of aryl methyl sites for hydroxylation is 1. The summed E-state index contributed by atoms with van der Waals surface area (Å²) in [7, 11) is 3.28. The molecule has 8 rings (SSSR count). The minimum absolute atomic E-state index is 0.00676. The van der Waals surface area contributed by atoms with Crippen LogP contribution in [0.25, 0.3) is 33.3 Å². The second kappa shape index (κ2) is 19.6. The Morgan fingerprint density at radius 3 is 2.53 bits per heavy atom. The van der Waals surface area contributed by atoms with Gasteiger partial charge in [-0.3, -0.25) is 34.0 Å². The van der Waals surface area contributed by atoms with Gasteiger partial charge >= 0.3 is 5.97 Å². The quantitative estimate of drug-likeness (QED) is 0.121. The van der Waals surface area contributed by atoms with E-state index in [0.717, 1.165) is 44.5 Å². The number of aromatic hydroxyl groups is 1. The number of nitrogens with zero attached hydrogens (tertiary/aromatic N) is 5. The van der Waals surface area contributed by atoms with Gasteiger partial charge in [0, 0.05) is 80.9 Å². The highest BCUT2D eigenvalue weighted by Gasteiger charge is 2.46. The number of carbonyl (C=O) groups is 5. The van der Waals surface area contributed by atoms with Crippen molar-refractivity contribution in [3.63, 3.8) is 0 Å². The summed E-state index contributed by atoms with van der Waals surface area (Å²) in [5.41, 5.74) is 9.57. The molecule has 2 aromatic heterocycles. The molecule has 0 spiro atoms. The molecule has 3 fully saturated rings. The summed E-state index contributed by atoms with van der Waals surface area (Å²) in [5, 5.41) is 19.8. The molecule has 68 heavy (non-hydrogen) atoms. The van der Waals surface area contributed by atoms with Gasteiger partial charge in [0.1, 0.15) is 23.9 Å².